The van der Waals surface area contributed by atoms with Gasteiger partial charge in [-0.15, -0.1) is 0 Å². The number of esters is 1. The zero-order valence-electron chi connectivity index (χ0n) is 15.1. The first-order valence-electron chi connectivity index (χ1n) is 8.82. The third kappa shape index (κ3) is 3.69. The number of fused-ring (bicyclic) bond motifs is 1. The van der Waals surface area contributed by atoms with Crippen LogP contribution in [0.3, 0.4) is 0 Å². The van der Waals surface area contributed by atoms with Crippen molar-refractivity contribution < 1.29 is 19.2 Å². The lowest BCUT2D eigenvalue weighted by atomic mass is 9.99. The summed E-state index contributed by atoms with van der Waals surface area (Å²) in [6, 6.07) is 5.77. The van der Waals surface area contributed by atoms with Crippen molar-refractivity contribution in [3.05, 3.63) is 29.5 Å². The fraction of sp³-hybridized carbons (Fsp3) is 0.474. The van der Waals surface area contributed by atoms with Crippen molar-refractivity contribution in [2.45, 2.75) is 26.7 Å². The second-order valence-corrected chi connectivity index (χ2v) is 7.02. The number of ether oxygens (including phenoxy) is 1. The molecule has 2 heterocycles. The van der Waals surface area contributed by atoms with E-state index in [-0.39, 0.29) is 5.91 Å². The number of hydrogen-bond acceptors (Lipinski definition) is 3. The van der Waals surface area contributed by atoms with Crippen LogP contribution < -0.4 is 10.2 Å². The predicted octanol–water partition coefficient (Wildman–Crippen LogP) is 1.52. The first-order valence-corrected chi connectivity index (χ1v) is 8.82. The molecule has 0 spiro atoms. The van der Waals surface area contributed by atoms with Crippen molar-refractivity contribution in [1.29, 1.82) is 0 Å². The lowest BCUT2D eigenvalue weighted by Crippen LogP contribution is -3.14. The number of carbonyl (C=O) groups is 2. The van der Waals surface area contributed by atoms with Gasteiger partial charge in [0.25, 0.3) is 5.91 Å². The number of hydrogen-bond donors (Lipinski definition) is 3. The highest BCUT2D eigenvalue weighted by atomic mass is 16.5. The van der Waals surface area contributed by atoms with E-state index in [0.29, 0.717) is 17.9 Å². The Kier molecular flexibility index (Phi) is 5.08. The molecule has 6 heteroatoms. The van der Waals surface area contributed by atoms with Crippen LogP contribution in [0, 0.1) is 12.8 Å². The maximum atomic E-state index is 12.6. The molecule has 1 fully saturated rings. The van der Waals surface area contributed by atoms with Crippen LogP contribution in [0.4, 0.5) is 5.69 Å². The second kappa shape index (κ2) is 7.27. The number of aromatic nitrogens is 1. The molecule has 25 heavy (non-hydrogen) atoms. The SMILES string of the molecule is COC(=O)c1[nH]c2cccc(C)c2c1NC(=O)C[NH+]1CCC(C)CC1. The molecule has 6 nitrogen and oxygen atoms in total. The van der Waals surface area contributed by atoms with Crippen LogP contribution in [0.1, 0.15) is 35.8 Å². The highest BCUT2D eigenvalue weighted by Crippen LogP contribution is 2.31. The van der Waals surface area contributed by atoms with Gasteiger partial charge in [0.1, 0.15) is 5.69 Å². The van der Waals surface area contributed by atoms with Crippen molar-refractivity contribution in [2.75, 3.05) is 32.1 Å². The molecule has 2 aromatic rings. The summed E-state index contributed by atoms with van der Waals surface area (Å²) >= 11 is 0. The first-order chi connectivity index (χ1) is 12.0. The number of aromatic amines is 1. The topological polar surface area (TPSA) is 75.6 Å². The van der Waals surface area contributed by atoms with Gasteiger partial charge < -0.3 is 19.9 Å². The van der Waals surface area contributed by atoms with Gasteiger partial charge in [0.15, 0.2) is 6.54 Å². The third-order valence-corrected chi connectivity index (χ3v) is 5.08. The number of likely N-dealkylation sites (tertiary alicyclic amines) is 1. The van der Waals surface area contributed by atoms with Gasteiger partial charge in [-0.05, 0) is 37.3 Å². The van der Waals surface area contributed by atoms with E-state index in [1.54, 1.807) is 0 Å². The van der Waals surface area contributed by atoms with Crippen molar-refractivity contribution in [3.8, 4) is 0 Å². The number of anilines is 1. The molecule has 1 amide bonds. The van der Waals surface area contributed by atoms with Crippen LogP contribution in [-0.4, -0.2) is 43.6 Å². The highest BCUT2D eigenvalue weighted by molar-refractivity contribution is 6.12. The molecule has 1 saturated heterocycles. The van der Waals surface area contributed by atoms with Crippen LogP contribution in [0.15, 0.2) is 18.2 Å². The fourth-order valence-corrected chi connectivity index (χ4v) is 3.56. The minimum absolute atomic E-state index is 0.0705. The molecule has 0 aliphatic carbocycles. The Morgan fingerprint density at radius 3 is 2.72 bits per heavy atom. The quantitative estimate of drug-likeness (QED) is 0.736. The van der Waals surface area contributed by atoms with Crippen LogP contribution >= 0.6 is 0 Å². The molecule has 1 aromatic carbocycles. The molecular weight excluding hydrogens is 318 g/mol. The molecule has 134 valence electrons. The Morgan fingerprint density at radius 1 is 1.32 bits per heavy atom. The number of benzene rings is 1. The van der Waals surface area contributed by atoms with E-state index in [9.17, 15) is 9.59 Å². The van der Waals surface area contributed by atoms with Crippen LogP contribution in [-0.2, 0) is 9.53 Å². The summed E-state index contributed by atoms with van der Waals surface area (Å²) in [5.41, 5.74) is 2.63. The van der Waals surface area contributed by atoms with Gasteiger partial charge in [-0.2, -0.15) is 0 Å². The van der Waals surface area contributed by atoms with Crippen molar-refractivity contribution in [1.82, 2.24) is 4.98 Å². The maximum Gasteiger partial charge on any atom is 0.356 e. The number of quaternary nitrogens is 1. The average Bonchev–Trinajstić information content (AvgIpc) is 2.96. The molecule has 0 unspecified atom stereocenters. The summed E-state index contributed by atoms with van der Waals surface area (Å²) in [4.78, 5) is 29.1. The Hall–Kier alpha value is -2.34. The Morgan fingerprint density at radius 2 is 2.04 bits per heavy atom. The van der Waals surface area contributed by atoms with E-state index in [1.807, 2.05) is 25.1 Å². The number of H-pyrrole nitrogens is 1. The normalized spacial score (nSPS) is 20.4. The third-order valence-electron chi connectivity index (χ3n) is 5.08. The lowest BCUT2D eigenvalue weighted by molar-refractivity contribution is -0.897. The zero-order chi connectivity index (χ0) is 18.0. The van der Waals surface area contributed by atoms with Crippen molar-refractivity contribution >= 4 is 28.5 Å². The van der Waals surface area contributed by atoms with E-state index in [1.165, 1.54) is 12.0 Å². The standard InChI is InChI=1S/C19H25N3O3/c1-12-7-9-22(10-8-12)11-15(23)21-17-16-13(2)5-4-6-14(16)20-18(17)19(24)25-3/h4-6,12,20H,7-11H2,1-3H3,(H,21,23)/p+1. The summed E-state index contributed by atoms with van der Waals surface area (Å²) in [7, 11) is 1.34. The molecule has 1 aromatic heterocycles. The summed E-state index contributed by atoms with van der Waals surface area (Å²) in [6.07, 6.45) is 2.31. The Balaban J connectivity index is 1.84. The number of piperidine rings is 1. The Labute approximate surface area is 147 Å². The van der Waals surface area contributed by atoms with E-state index in [0.717, 1.165) is 48.3 Å². The molecular formula is C19H26N3O3+. The van der Waals surface area contributed by atoms with Gasteiger partial charge in [-0.3, -0.25) is 4.79 Å². The molecule has 0 radical (unpaired) electrons. The number of amides is 1. The van der Waals surface area contributed by atoms with Crippen molar-refractivity contribution in [2.24, 2.45) is 5.92 Å². The number of aryl methyl sites for hydroxylation is 1. The van der Waals surface area contributed by atoms with Crippen molar-refractivity contribution in [3.63, 3.8) is 0 Å². The van der Waals surface area contributed by atoms with Crippen LogP contribution in [0.25, 0.3) is 10.9 Å². The number of carbonyl (C=O) groups excluding carboxylic acids is 2. The number of nitrogens with one attached hydrogen (secondary N) is 3. The van der Waals surface area contributed by atoms with E-state index in [2.05, 4.69) is 17.2 Å². The van der Waals surface area contributed by atoms with E-state index >= 15 is 0 Å². The molecule has 3 rings (SSSR count). The molecule has 0 atom stereocenters. The number of methoxy groups -OCH3 is 1. The van der Waals surface area contributed by atoms with Crippen LogP contribution in [0.2, 0.25) is 0 Å². The minimum atomic E-state index is -0.481. The van der Waals surface area contributed by atoms with Gasteiger partial charge in [-0.1, -0.05) is 19.1 Å². The summed E-state index contributed by atoms with van der Waals surface area (Å²) in [5, 5.41) is 3.82. The lowest BCUT2D eigenvalue weighted by Gasteiger charge is -2.26. The summed E-state index contributed by atoms with van der Waals surface area (Å²) < 4.78 is 4.86. The van der Waals surface area contributed by atoms with Gasteiger partial charge >= 0.3 is 5.97 Å². The molecule has 0 bridgehead atoms. The number of rotatable bonds is 4. The summed E-state index contributed by atoms with van der Waals surface area (Å²) in [6.45, 7) is 6.68. The summed E-state index contributed by atoms with van der Waals surface area (Å²) in [5.74, 6) is 0.193. The van der Waals surface area contributed by atoms with Gasteiger partial charge in [0.05, 0.1) is 25.9 Å². The Bertz CT molecular complexity index is 789. The smallest absolute Gasteiger partial charge is 0.356 e. The second-order valence-electron chi connectivity index (χ2n) is 7.02. The zero-order valence-corrected chi connectivity index (χ0v) is 15.1. The van der Waals surface area contributed by atoms with Gasteiger partial charge in [0, 0.05) is 10.9 Å². The van der Waals surface area contributed by atoms with E-state index < -0.39 is 5.97 Å². The molecule has 1 aliphatic rings. The predicted molar refractivity (Wildman–Crippen MR) is 97.0 cm³/mol. The van der Waals surface area contributed by atoms with E-state index in [4.69, 9.17) is 4.74 Å². The fourth-order valence-electron chi connectivity index (χ4n) is 3.56. The monoisotopic (exact) mass is 344 g/mol. The molecule has 0 saturated carbocycles. The van der Waals surface area contributed by atoms with Gasteiger partial charge in [-0.25, -0.2) is 4.79 Å². The molecule has 1 aliphatic heterocycles. The maximum absolute atomic E-state index is 12.6. The largest absolute Gasteiger partial charge is 0.464 e. The van der Waals surface area contributed by atoms with Gasteiger partial charge in [0.2, 0.25) is 0 Å². The highest BCUT2D eigenvalue weighted by Gasteiger charge is 2.25. The molecule has 3 N–H and O–H groups in total. The average molecular weight is 344 g/mol. The first kappa shape index (κ1) is 17.5. The minimum Gasteiger partial charge on any atom is -0.464 e. The van der Waals surface area contributed by atoms with Crippen LogP contribution in [0.5, 0.6) is 0 Å².